The molecule has 1 aromatic heterocycles. The molecule has 0 amide bonds. The molecule has 2 heterocycles. The number of hydrogen-bond acceptors (Lipinski definition) is 2. The van der Waals surface area contributed by atoms with E-state index in [0.29, 0.717) is 6.10 Å². The van der Waals surface area contributed by atoms with Crippen molar-refractivity contribution in [3.63, 3.8) is 0 Å². The van der Waals surface area contributed by atoms with Crippen molar-refractivity contribution >= 4 is 11.3 Å². The van der Waals surface area contributed by atoms with Gasteiger partial charge >= 0.3 is 0 Å². The van der Waals surface area contributed by atoms with E-state index in [2.05, 4.69) is 19.1 Å². The maximum atomic E-state index is 5.14. The Kier molecular flexibility index (Phi) is 1.96. The predicted octanol–water partition coefficient (Wildman–Crippen LogP) is 2.39. The molecule has 1 nitrogen and oxygen atoms in total. The third-order valence-corrected chi connectivity index (χ3v) is 2.97. The second-order valence-corrected chi connectivity index (χ2v) is 4.38. The van der Waals surface area contributed by atoms with Crippen molar-refractivity contribution in [1.82, 2.24) is 0 Å². The SMILES string of the molecule is Cc1ccc(CCC2CO2)s1. The van der Waals surface area contributed by atoms with Gasteiger partial charge in [-0.1, -0.05) is 0 Å². The first-order valence-electron chi connectivity index (χ1n) is 4.01. The van der Waals surface area contributed by atoms with Crippen LogP contribution in [-0.2, 0) is 11.2 Å². The summed E-state index contributed by atoms with van der Waals surface area (Å²) >= 11 is 1.90. The van der Waals surface area contributed by atoms with Crippen molar-refractivity contribution in [1.29, 1.82) is 0 Å². The van der Waals surface area contributed by atoms with E-state index in [-0.39, 0.29) is 0 Å². The van der Waals surface area contributed by atoms with Crippen LogP contribution in [-0.4, -0.2) is 12.7 Å². The molecule has 1 saturated heterocycles. The molecule has 1 fully saturated rings. The minimum absolute atomic E-state index is 0.581. The van der Waals surface area contributed by atoms with E-state index < -0.39 is 0 Å². The quantitative estimate of drug-likeness (QED) is 0.631. The molecule has 0 bridgehead atoms. The van der Waals surface area contributed by atoms with Crippen LogP contribution in [0.25, 0.3) is 0 Å². The molecule has 0 N–H and O–H groups in total. The Morgan fingerprint density at radius 1 is 1.64 bits per heavy atom. The van der Waals surface area contributed by atoms with E-state index in [1.807, 2.05) is 11.3 Å². The highest BCUT2D eigenvalue weighted by molar-refractivity contribution is 7.11. The van der Waals surface area contributed by atoms with Crippen molar-refractivity contribution in [2.24, 2.45) is 0 Å². The normalized spacial score (nSPS) is 22.1. The molecule has 2 rings (SSSR count). The zero-order valence-corrected chi connectivity index (χ0v) is 7.49. The predicted molar refractivity (Wildman–Crippen MR) is 47.1 cm³/mol. The number of hydrogen-bond donors (Lipinski definition) is 0. The van der Waals surface area contributed by atoms with Crippen LogP contribution >= 0.6 is 11.3 Å². The first-order chi connectivity index (χ1) is 5.34. The maximum absolute atomic E-state index is 5.14. The Bertz CT molecular complexity index is 237. The molecule has 0 radical (unpaired) electrons. The van der Waals surface area contributed by atoms with Crippen molar-refractivity contribution < 1.29 is 4.74 Å². The summed E-state index contributed by atoms with van der Waals surface area (Å²) in [7, 11) is 0. The molecule has 0 spiro atoms. The van der Waals surface area contributed by atoms with Crippen LogP contribution in [0.5, 0.6) is 0 Å². The van der Waals surface area contributed by atoms with E-state index in [1.54, 1.807) is 0 Å². The van der Waals surface area contributed by atoms with Gasteiger partial charge in [-0.05, 0) is 31.9 Å². The Morgan fingerprint density at radius 2 is 2.45 bits per heavy atom. The average molecular weight is 168 g/mol. The van der Waals surface area contributed by atoms with Gasteiger partial charge in [0.05, 0.1) is 12.7 Å². The highest BCUT2D eigenvalue weighted by Gasteiger charge is 2.21. The van der Waals surface area contributed by atoms with E-state index in [1.165, 1.54) is 22.6 Å². The van der Waals surface area contributed by atoms with Gasteiger partial charge < -0.3 is 4.74 Å². The Balaban J connectivity index is 1.85. The third kappa shape index (κ3) is 2.04. The van der Waals surface area contributed by atoms with Crippen molar-refractivity contribution in [2.75, 3.05) is 6.61 Å². The van der Waals surface area contributed by atoms with Gasteiger partial charge in [0.2, 0.25) is 0 Å². The second-order valence-electron chi connectivity index (χ2n) is 3.01. The van der Waals surface area contributed by atoms with Gasteiger partial charge in [-0.2, -0.15) is 0 Å². The van der Waals surface area contributed by atoms with Crippen molar-refractivity contribution in [3.8, 4) is 0 Å². The topological polar surface area (TPSA) is 12.5 Å². The summed E-state index contributed by atoms with van der Waals surface area (Å²) in [5.41, 5.74) is 0. The molecule has 0 aliphatic carbocycles. The van der Waals surface area contributed by atoms with E-state index in [4.69, 9.17) is 4.74 Å². The fraction of sp³-hybridized carbons (Fsp3) is 0.556. The van der Waals surface area contributed by atoms with Crippen LogP contribution < -0.4 is 0 Å². The Labute approximate surface area is 71.0 Å². The summed E-state index contributed by atoms with van der Waals surface area (Å²) in [6.45, 7) is 3.14. The second kappa shape index (κ2) is 2.95. The molecule has 60 valence electrons. The van der Waals surface area contributed by atoms with Gasteiger partial charge in [-0.15, -0.1) is 11.3 Å². The number of aryl methyl sites for hydroxylation is 2. The molecule has 2 heteroatoms. The molecular weight excluding hydrogens is 156 g/mol. The highest BCUT2D eigenvalue weighted by atomic mass is 32.1. The lowest BCUT2D eigenvalue weighted by molar-refractivity contribution is 0.397. The minimum atomic E-state index is 0.581. The van der Waals surface area contributed by atoms with Crippen LogP contribution in [0.3, 0.4) is 0 Å². The third-order valence-electron chi connectivity index (χ3n) is 1.91. The fourth-order valence-electron chi connectivity index (χ4n) is 1.16. The maximum Gasteiger partial charge on any atom is 0.0813 e. The van der Waals surface area contributed by atoms with Crippen LogP contribution in [0.4, 0.5) is 0 Å². The first kappa shape index (κ1) is 7.32. The first-order valence-corrected chi connectivity index (χ1v) is 4.83. The largest absolute Gasteiger partial charge is 0.373 e. The molecule has 1 aliphatic heterocycles. The molecule has 1 aromatic rings. The van der Waals surface area contributed by atoms with Gasteiger partial charge in [0.15, 0.2) is 0 Å². The average Bonchev–Trinajstić information content (AvgIpc) is 2.72. The number of epoxide rings is 1. The summed E-state index contributed by atoms with van der Waals surface area (Å²) in [6, 6.07) is 4.41. The lowest BCUT2D eigenvalue weighted by atomic mass is 10.2. The monoisotopic (exact) mass is 168 g/mol. The summed E-state index contributed by atoms with van der Waals surface area (Å²) in [5, 5.41) is 0. The van der Waals surface area contributed by atoms with Crippen LogP contribution in [0.15, 0.2) is 12.1 Å². The molecule has 1 unspecified atom stereocenters. The van der Waals surface area contributed by atoms with Gasteiger partial charge in [0.25, 0.3) is 0 Å². The molecular formula is C9H12OS. The summed E-state index contributed by atoms with van der Waals surface area (Å²) in [6.07, 6.45) is 2.99. The zero-order chi connectivity index (χ0) is 7.68. The molecule has 1 aliphatic rings. The Morgan fingerprint density at radius 3 is 3.00 bits per heavy atom. The minimum Gasteiger partial charge on any atom is -0.373 e. The summed E-state index contributed by atoms with van der Waals surface area (Å²) in [4.78, 5) is 2.91. The van der Waals surface area contributed by atoms with Gasteiger partial charge in [0, 0.05) is 9.75 Å². The van der Waals surface area contributed by atoms with Gasteiger partial charge in [0.1, 0.15) is 0 Å². The van der Waals surface area contributed by atoms with Crippen LogP contribution in [0, 0.1) is 6.92 Å². The van der Waals surface area contributed by atoms with Crippen molar-refractivity contribution in [3.05, 3.63) is 21.9 Å². The van der Waals surface area contributed by atoms with Gasteiger partial charge in [-0.3, -0.25) is 0 Å². The van der Waals surface area contributed by atoms with E-state index in [9.17, 15) is 0 Å². The van der Waals surface area contributed by atoms with Crippen molar-refractivity contribution in [2.45, 2.75) is 25.9 Å². The molecule has 11 heavy (non-hydrogen) atoms. The molecule has 0 aromatic carbocycles. The van der Waals surface area contributed by atoms with Crippen LogP contribution in [0.2, 0.25) is 0 Å². The van der Waals surface area contributed by atoms with E-state index >= 15 is 0 Å². The Hall–Kier alpha value is -0.340. The lowest BCUT2D eigenvalue weighted by Gasteiger charge is -1.91. The van der Waals surface area contributed by atoms with E-state index in [0.717, 1.165) is 6.61 Å². The zero-order valence-electron chi connectivity index (χ0n) is 6.67. The number of rotatable bonds is 3. The van der Waals surface area contributed by atoms with Gasteiger partial charge in [-0.25, -0.2) is 0 Å². The lowest BCUT2D eigenvalue weighted by Crippen LogP contribution is -1.87. The molecule has 0 saturated carbocycles. The fourth-order valence-corrected chi connectivity index (χ4v) is 2.06. The van der Waals surface area contributed by atoms with Crippen LogP contribution in [0.1, 0.15) is 16.2 Å². The standard InChI is InChI=1S/C9H12OS/c1-7-2-4-9(11-7)5-3-8-6-10-8/h2,4,8H,3,5-6H2,1H3. The number of thiophene rings is 1. The summed E-state index contributed by atoms with van der Waals surface area (Å²) in [5.74, 6) is 0. The highest BCUT2D eigenvalue weighted by Crippen LogP contribution is 2.21. The molecule has 1 atom stereocenters. The summed E-state index contributed by atoms with van der Waals surface area (Å²) < 4.78 is 5.14. The smallest absolute Gasteiger partial charge is 0.0813 e. The number of ether oxygens (including phenoxy) is 1.